The van der Waals surface area contributed by atoms with Crippen LogP contribution < -0.4 is 10.0 Å². The number of amides is 1. The number of carbonyl (C=O) groups is 1. The van der Waals surface area contributed by atoms with E-state index in [-0.39, 0.29) is 23.5 Å². The molecule has 0 radical (unpaired) electrons. The minimum atomic E-state index is -3.77. The molecule has 0 unspecified atom stereocenters. The largest absolute Gasteiger partial charge is 0.326 e. The van der Waals surface area contributed by atoms with Gasteiger partial charge in [0.05, 0.1) is 9.82 Å². The van der Waals surface area contributed by atoms with Crippen molar-refractivity contribution in [3.05, 3.63) is 63.5 Å². The molecule has 0 aliphatic rings. The third-order valence-electron chi connectivity index (χ3n) is 3.70. The second kappa shape index (κ2) is 8.23. The highest BCUT2D eigenvalue weighted by Gasteiger charge is 2.18. The van der Waals surface area contributed by atoms with E-state index in [1.54, 1.807) is 26.0 Å². The van der Waals surface area contributed by atoms with Crippen molar-refractivity contribution >= 4 is 27.3 Å². The second-order valence-electron chi connectivity index (χ2n) is 5.89. The summed E-state index contributed by atoms with van der Waals surface area (Å²) in [5.41, 5.74) is 0.654. The van der Waals surface area contributed by atoms with Crippen molar-refractivity contribution in [2.45, 2.75) is 25.2 Å². The summed E-state index contributed by atoms with van der Waals surface area (Å²) in [5.74, 6) is -1.58. The number of hydrogen-bond donors (Lipinski definition) is 2. The first-order valence-electron chi connectivity index (χ1n) is 7.91. The molecule has 0 aliphatic carbocycles. The number of nitrogens with one attached hydrogen (secondary N) is 2. The number of halogens is 1. The molecule has 0 aromatic heterocycles. The Kier molecular flexibility index (Phi) is 6.24. The average Bonchev–Trinajstić information content (AvgIpc) is 2.58. The number of carbonyl (C=O) groups excluding carboxylic acids is 1. The lowest BCUT2D eigenvalue weighted by Crippen LogP contribution is -2.28. The molecule has 0 bridgehead atoms. The minimum absolute atomic E-state index is 0.0467. The van der Waals surface area contributed by atoms with Gasteiger partial charge in [0.2, 0.25) is 21.7 Å². The molecule has 0 saturated carbocycles. The highest BCUT2D eigenvalue weighted by atomic mass is 32.2. The van der Waals surface area contributed by atoms with E-state index in [9.17, 15) is 27.7 Å². The summed E-state index contributed by atoms with van der Waals surface area (Å²) in [6.45, 7) is 3.28. The van der Waals surface area contributed by atoms with Gasteiger partial charge in [0.15, 0.2) is 0 Å². The van der Waals surface area contributed by atoms with E-state index in [4.69, 9.17) is 0 Å². The van der Waals surface area contributed by atoms with Crippen LogP contribution in [0.1, 0.15) is 17.5 Å². The highest BCUT2D eigenvalue weighted by Crippen LogP contribution is 2.21. The van der Waals surface area contributed by atoms with Gasteiger partial charge in [0.1, 0.15) is 0 Å². The van der Waals surface area contributed by atoms with Crippen LogP contribution in [0.15, 0.2) is 41.3 Å². The molecule has 2 rings (SSSR count). The van der Waals surface area contributed by atoms with Crippen molar-refractivity contribution in [2.24, 2.45) is 0 Å². The van der Waals surface area contributed by atoms with E-state index in [0.717, 1.165) is 17.7 Å². The van der Waals surface area contributed by atoms with Crippen molar-refractivity contribution in [2.75, 3.05) is 11.9 Å². The molecule has 27 heavy (non-hydrogen) atoms. The van der Waals surface area contributed by atoms with E-state index < -0.39 is 32.4 Å². The average molecular weight is 395 g/mol. The second-order valence-corrected chi connectivity index (χ2v) is 7.62. The maximum atomic E-state index is 13.3. The predicted octanol–water partition coefficient (Wildman–Crippen LogP) is 2.66. The zero-order chi connectivity index (χ0) is 20.2. The van der Waals surface area contributed by atoms with Crippen LogP contribution in [-0.2, 0) is 14.8 Å². The first-order valence-corrected chi connectivity index (χ1v) is 9.39. The van der Waals surface area contributed by atoms with Crippen molar-refractivity contribution in [1.29, 1.82) is 0 Å². The van der Waals surface area contributed by atoms with Gasteiger partial charge in [-0.3, -0.25) is 14.9 Å². The molecule has 0 atom stereocenters. The Labute approximate surface area is 155 Å². The fourth-order valence-corrected chi connectivity index (χ4v) is 3.69. The fourth-order valence-electron chi connectivity index (χ4n) is 2.33. The van der Waals surface area contributed by atoms with E-state index >= 15 is 0 Å². The van der Waals surface area contributed by atoms with E-state index in [1.807, 2.05) is 0 Å². The molecular weight excluding hydrogens is 377 g/mol. The van der Waals surface area contributed by atoms with Crippen molar-refractivity contribution in [1.82, 2.24) is 4.72 Å². The van der Waals surface area contributed by atoms with Crippen LogP contribution >= 0.6 is 0 Å². The van der Waals surface area contributed by atoms with Crippen molar-refractivity contribution in [3.8, 4) is 0 Å². The third kappa shape index (κ3) is 5.31. The van der Waals surface area contributed by atoms with Gasteiger partial charge in [-0.2, -0.15) is 4.39 Å². The number of aryl methyl sites for hydroxylation is 2. The SMILES string of the molecule is Cc1ccc(C)c(S(=O)(=O)NCCC(=O)Nc2ccc(F)c([N+](=O)[O-])c2)c1. The summed E-state index contributed by atoms with van der Waals surface area (Å²) in [6, 6.07) is 7.97. The van der Waals surface area contributed by atoms with Crippen molar-refractivity contribution < 1.29 is 22.5 Å². The van der Waals surface area contributed by atoms with Gasteiger partial charge < -0.3 is 5.32 Å². The van der Waals surface area contributed by atoms with Gasteiger partial charge in [0, 0.05) is 24.7 Å². The number of benzene rings is 2. The van der Waals surface area contributed by atoms with Gasteiger partial charge in [-0.05, 0) is 43.2 Å². The number of hydrogen-bond acceptors (Lipinski definition) is 5. The Bertz CT molecular complexity index is 992. The molecule has 8 nitrogen and oxygen atoms in total. The number of nitrogens with zero attached hydrogens (tertiary/aromatic N) is 1. The van der Waals surface area contributed by atoms with Crippen LogP contribution in [0.5, 0.6) is 0 Å². The van der Waals surface area contributed by atoms with Gasteiger partial charge in [0.25, 0.3) is 0 Å². The van der Waals surface area contributed by atoms with Crippen molar-refractivity contribution in [3.63, 3.8) is 0 Å². The summed E-state index contributed by atoms with van der Waals surface area (Å²) in [4.78, 5) is 21.9. The minimum Gasteiger partial charge on any atom is -0.326 e. The van der Waals surface area contributed by atoms with Gasteiger partial charge in [-0.25, -0.2) is 13.1 Å². The maximum absolute atomic E-state index is 13.3. The Morgan fingerprint density at radius 3 is 2.56 bits per heavy atom. The first-order chi connectivity index (χ1) is 12.6. The Hall–Kier alpha value is -2.85. The number of anilines is 1. The molecule has 2 N–H and O–H groups in total. The topological polar surface area (TPSA) is 118 Å². The molecule has 10 heteroatoms. The van der Waals surface area contributed by atoms with Crippen LogP contribution in [-0.4, -0.2) is 25.8 Å². The van der Waals surface area contributed by atoms with E-state index in [1.165, 1.54) is 12.1 Å². The quantitative estimate of drug-likeness (QED) is 0.552. The summed E-state index contributed by atoms with van der Waals surface area (Å²) < 4.78 is 40.3. The molecule has 0 heterocycles. The number of nitro groups is 1. The Balaban J connectivity index is 1.97. The number of rotatable bonds is 7. The van der Waals surface area contributed by atoms with Crippen LogP contribution in [0.2, 0.25) is 0 Å². The smallest absolute Gasteiger partial charge is 0.306 e. The number of nitro benzene ring substituents is 1. The predicted molar refractivity (Wildman–Crippen MR) is 97.4 cm³/mol. The van der Waals surface area contributed by atoms with Crippen LogP contribution in [0.3, 0.4) is 0 Å². The van der Waals surface area contributed by atoms with E-state index in [2.05, 4.69) is 10.0 Å². The molecular formula is C17H18FN3O5S. The molecule has 0 aliphatic heterocycles. The summed E-state index contributed by atoms with van der Waals surface area (Å²) >= 11 is 0. The maximum Gasteiger partial charge on any atom is 0.306 e. The third-order valence-corrected chi connectivity index (χ3v) is 5.31. The standard InChI is InChI=1S/C17H18FN3O5S/c1-11-3-4-12(2)16(9-11)27(25,26)19-8-7-17(22)20-13-5-6-14(18)15(10-13)21(23)24/h3-6,9-10,19H,7-8H2,1-2H3,(H,20,22). The molecule has 0 spiro atoms. The lowest BCUT2D eigenvalue weighted by Gasteiger charge is -2.10. The number of sulfonamides is 1. The van der Waals surface area contributed by atoms with Gasteiger partial charge in [-0.1, -0.05) is 12.1 Å². The van der Waals surface area contributed by atoms with Gasteiger partial charge >= 0.3 is 5.69 Å². The molecule has 1 amide bonds. The van der Waals surface area contributed by atoms with Crippen LogP contribution in [0.4, 0.5) is 15.8 Å². The molecule has 144 valence electrons. The zero-order valence-corrected chi connectivity index (χ0v) is 15.5. The summed E-state index contributed by atoms with van der Waals surface area (Å²) in [6.07, 6.45) is -0.199. The Morgan fingerprint density at radius 1 is 1.19 bits per heavy atom. The zero-order valence-electron chi connectivity index (χ0n) is 14.7. The van der Waals surface area contributed by atoms with E-state index in [0.29, 0.717) is 5.56 Å². The fraction of sp³-hybridized carbons (Fsp3) is 0.235. The highest BCUT2D eigenvalue weighted by molar-refractivity contribution is 7.89. The van der Waals surface area contributed by atoms with Crippen LogP contribution in [0, 0.1) is 29.8 Å². The Morgan fingerprint density at radius 2 is 1.89 bits per heavy atom. The van der Waals surface area contributed by atoms with Gasteiger partial charge in [-0.15, -0.1) is 0 Å². The first kappa shape index (κ1) is 20.5. The normalized spacial score (nSPS) is 11.2. The summed E-state index contributed by atoms with van der Waals surface area (Å²) in [7, 11) is -3.77. The molecule has 0 fully saturated rings. The summed E-state index contributed by atoms with van der Waals surface area (Å²) in [5, 5.41) is 13.1. The lowest BCUT2D eigenvalue weighted by atomic mass is 10.2. The lowest BCUT2D eigenvalue weighted by molar-refractivity contribution is -0.387. The van der Waals surface area contributed by atoms with Crippen LogP contribution in [0.25, 0.3) is 0 Å². The molecule has 2 aromatic carbocycles. The monoisotopic (exact) mass is 395 g/mol. The molecule has 0 saturated heterocycles. The molecule has 2 aromatic rings.